The van der Waals surface area contributed by atoms with Gasteiger partial charge in [0.25, 0.3) is 0 Å². The predicted molar refractivity (Wildman–Crippen MR) is 99.6 cm³/mol. The van der Waals surface area contributed by atoms with Gasteiger partial charge < -0.3 is 10.2 Å². The van der Waals surface area contributed by atoms with Crippen LogP contribution in [0.5, 0.6) is 5.75 Å². The van der Waals surface area contributed by atoms with E-state index in [9.17, 15) is 15.0 Å². The molecule has 3 heteroatoms. The van der Waals surface area contributed by atoms with E-state index >= 15 is 0 Å². The van der Waals surface area contributed by atoms with Crippen molar-refractivity contribution < 1.29 is 15.0 Å². The number of rotatable bonds is 8. The summed E-state index contributed by atoms with van der Waals surface area (Å²) < 4.78 is 0. The third-order valence-corrected chi connectivity index (χ3v) is 6.56. The number of carbonyl (C=O) groups is 1. The molecule has 0 aromatic heterocycles. The van der Waals surface area contributed by atoms with Crippen molar-refractivity contribution in [2.75, 3.05) is 0 Å². The zero-order valence-corrected chi connectivity index (χ0v) is 15.2. The first-order valence-corrected chi connectivity index (χ1v) is 9.70. The third kappa shape index (κ3) is 4.08. The quantitative estimate of drug-likeness (QED) is 0.613. The van der Waals surface area contributed by atoms with E-state index in [2.05, 4.69) is 12.2 Å². The summed E-state index contributed by atoms with van der Waals surface area (Å²) in [5, 5.41) is 19.1. The number of benzene rings is 1. The van der Waals surface area contributed by atoms with Crippen LogP contribution >= 0.6 is 0 Å². The molecule has 2 fully saturated rings. The Morgan fingerprint density at radius 1 is 1.24 bits per heavy atom. The van der Waals surface area contributed by atoms with Gasteiger partial charge in [-0.05, 0) is 80.4 Å². The van der Waals surface area contributed by atoms with E-state index in [4.69, 9.17) is 0 Å². The Bertz CT molecular complexity index is 609. The van der Waals surface area contributed by atoms with Crippen molar-refractivity contribution in [3.8, 4) is 5.75 Å². The fourth-order valence-electron chi connectivity index (χ4n) is 5.06. The van der Waals surface area contributed by atoms with Gasteiger partial charge in [-0.1, -0.05) is 31.2 Å². The lowest BCUT2D eigenvalue weighted by Gasteiger charge is -2.25. The summed E-state index contributed by atoms with van der Waals surface area (Å²) in [5.74, 6) is 0.0145. The van der Waals surface area contributed by atoms with Gasteiger partial charge in [0, 0.05) is 5.92 Å². The summed E-state index contributed by atoms with van der Waals surface area (Å²) in [6.45, 7) is 1.94. The van der Waals surface area contributed by atoms with E-state index in [1.807, 2.05) is 19.1 Å². The monoisotopic (exact) mass is 342 g/mol. The number of aliphatic carboxylic acids is 1. The number of hydrogen-bond acceptors (Lipinski definition) is 2. The van der Waals surface area contributed by atoms with E-state index in [0.29, 0.717) is 11.8 Å². The number of hydrogen-bond donors (Lipinski definition) is 2. The minimum absolute atomic E-state index is 0.0447. The third-order valence-electron chi connectivity index (χ3n) is 6.56. The average Bonchev–Trinajstić information content (AvgIpc) is 3.19. The van der Waals surface area contributed by atoms with Gasteiger partial charge in [-0.2, -0.15) is 0 Å². The van der Waals surface area contributed by atoms with Gasteiger partial charge in [-0.3, -0.25) is 4.79 Å². The maximum atomic E-state index is 11.7. The number of fused-ring (bicyclic) bond motifs is 2. The van der Waals surface area contributed by atoms with Crippen LogP contribution in [-0.4, -0.2) is 16.2 Å². The summed E-state index contributed by atoms with van der Waals surface area (Å²) in [7, 11) is 0. The topological polar surface area (TPSA) is 57.5 Å². The molecule has 2 saturated carbocycles. The van der Waals surface area contributed by atoms with Gasteiger partial charge >= 0.3 is 5.97 Å². The van der Waals surface area contributed by atoms with E-state index in [1.165, 1.54) is 32.1 Å². The van der Waals surface area contributed by atoms with Crippen LogP contribution in [0, 0.1) is 17.3 Å². The first kappa shape index (κ1) is 18.0. The summed E-state index contributed by atoms with van der Waals surface area (Å²) in [6, 6.07) is 7.01. The lowest BCUT2D eigenvalue weighted by atomic mass is 9.80. The molecule has 0 heterocycles. The van der Waals surface area contributed by atoms with Gasteiger partial charge in [-0.25, -0.2) is 0 Å². The highest BCUT2D eigenvalue weighted by Crippen LogP contribution is 2.56. The minimum atomic E-state index is -0.734. The molecule has 1 aromatic rings. The predicted octanol–water partition coefficient (Wildman–Crippen LogP) is 5.50. The molecule has 25 heavy (non-hydrogen) atoms. The second kappa shape index (κ2) is 7.63. The Kier molecular flexibility index (Phi) is 5.51. The van der Waals surface area contributed by atoms with E-state index < -0.39 is 11.9 Å². The number of carboxylic acids is 1. The van der Waals surface area contributed by atoms with Crippen molar-refractivity contribution in [2.24, 2.45) is 17.3 Å². The Labute approximate surface area is 150 Å². The summed E-state index contributed by atoms with van der Waals surface area (Å²) in [5.41, 5.74) is 1.54. The lowest BCUT2D eigenvalue weighted by Crippen LogP contribution is -2.21. The first-order valence-electron chi connectivity index (χ1n) is 9.70. The standard InChI is InChI=1S/C22H30O3/c1-2-19(21(24)25)20(17-6-8-18(23)9-7-17)5-3-4-12-22-13-10-16(15-22)11-14-22/h3-4,6-9,16,19-20,23H,2,5,10-15H2,1H3,(H,24,25). The molecular weight excluding hydrogens is 312 g/mol. The first-order chi connectivity index (χ1) is 12.0. The lowest BCUT2D eigenvalue weighted by molar-refractivity contribution is -0.142. The zero-order chi connectivity index (χ0) is 17.9. The van der Waals surface area contributed by atoms with Crippen molar-refractivity contribution in [2.45, 2.75) is 64.2 Å². The molecule has 3 rings (SSSR count). The molecule has 2 N–H and O–H groups in total. The van der Waals surface area contributed by atoms with Crippen LogP contribution in [0.25, 0.3) is 0 Å². The molecule has 0 aliphatic heterocycles. The van der Waals surface area contributed by atoms with Crippen LogP contribution in [0.4, 0.5) is 0 Å². The fraction of sp³-hybridized carbons (Fsp3) is 0.591. The van der Waals surface area contributed by atoms with Gasteiger partial charge in [0.05, 0.1) is 5.92 Å². The van der Waals surface area contributed by atoms with Crippen molar-refractivity contribution in [3.05, 3.63) is 42.0 Å². The maximum absolute atomic E-state index is 11.7. The van der Waals surface area contributed by atoms with Crippen molar-refractivity contribution >= 4 is 5.97 Å². The smallest absolute Gasteiger partial charge is 0.307 e. The van der Waals surface area contributed by atoms with E-state index in [1.54, 1.807) is 12.1 Å². The van der Waals surface area contributed by atoms with Gasteiger partial charge in [0.2, 0.25) is 0 Å². The number of allylic oxidation sites excluding steroid dienone is 2. The highest BCUT2D eigenvalue weighted by atomic mass is 16.4. The molecule has 2 aliphatic carbocycles. The molecule has 2 aliphatic rings. The Hall–Kier alpha value is -1.77. The summed E-state index contributed by atoms with van der Waals surface area (Å²) in [4.78, 5) is 11.7. The summed E-state index contributed by atoms with van der Waals surface area (Å²) in [6.07, 6.45) is 13.9. The molecular formula is C22H30O3. The second-order valence-electron chi connectivity index (χ2n) is 8.11. The Morgan fingerprint density at radius 3 is 2.44 bits per heavy atom. The van der Waals surface area contributed by atoms with Crippen LogP contribution in [-0.2, 0) is 4.79 Å². The fourth-order valence-corrected chi connectivity index (χ4v) is 5.06. The van der Waals surface area contributed by atoms with Gasteiger partial charge in [0.15, 0.2) is 0 Å². The zero-order valence-electron chi connectivity index (χ0n) is 15.2. The molecule has 136 valence electrons. The Morgan fingerprint density at radius 2 is 1.92 bits per heavy atom. The molecule has 2 atom stereocenters. The second-order valence-corrected chi connectivity index (χ2v) is 8.11. The number of aromatic hydroxyl groups is 1. The normalized spacial score (nSPS) is 27.6. The van der Waals surface area contributed by atoms with Crippen molar-refractivity contribution in [1.29, 1.82) is 0 Å². The molecule has 0 saturated heterocycles. The van der Waals surface area contributed by atoms with Crippen molar-refractivity contribution in [1.82, 2.24) is 0 Å². The highest BCUT2D eigenvalue weighted by Gasteiger charge is 2.43. The SMILES string of the molecule is CCC(C(=O)O)C(CC=CCC12CCC(CC1)C2)c1ccc(O)cc1. The van der Waals surface area contributed by atoms with Crippen molar-refractivity contribution in [3.63, 3.8) is 0 Å². The Balaban J connectivity index is 1.67. The number of phenols is 1. The van der Waals surface area contributed by atoms with Crippen LogP contribution in [0.1, 0.15) is 69.8 Å². The molecule has 0 amide bonds. The van der Waals surface area contributed by atoms with Crippen LogP contribution in [0.2, 0.25) is 0 Å². The van der Waals surface area contributed by atoms with E-state index in [0.717, 1.165) is 24.3 Å². The van der Waals surface area contributed by atoms with Gasteiger partial charge in [0.1, 0.15) is 5.75 Å². The summed E-state index contributed by atoms with van der Waals surface area (Å²) >= 11 is 0. The molecule has 2 unspecified atom stereocenters. The van der Waals surface area contributed by atoms with Crippen LogP contribution < -0.4 is 0 Å². The largest absolute Gasteiger partial charge is 0.508 e. The molecule has 2 bridgehead atoms. The molecule has 0 radical (unpaired) electrons. The molecule has 1 aromatic carbocycles. The molecule has 0 spiro atoms. The van der Waals surface area contributed by atoms with Gasteiger partial charge in [-0.15, -0.1) is 0 Å². The van der Waals surface area contributed by atoms with Crippen LogP contribution in [0.15, 0.2) is 36.4 Å². The minimum Gasteiger partial charge on any atom is -0.508 e. The average molecular weight is 342 g/mol. The maximum Gasteiger partial charge on any atom is 0.307 e. The number of phenolic OH excluding ortho intramolecular Hbond substituents is 1. The van der Waals surface area contributed by atoms with Crippen LogP contribution in [0.3, 0.4) is 0 Å². The molecule has 3 nitrogen and oxygen atoms in total. The highest BCUT2D eigenvalue weighted by molar-refractivity contribution is 5.71. The van der Waals surface area contributed by atoms with E-state index in [-0.39, 0.29) is 11.7 Å². The number of carboxylic acid groups (broad SMARTS) is 1.